The van der Waals surface area contributed by atoms with E-state index in [4.69, 9.17) is 9.84 Å². The van der Waals surface area contributed by atoms with E-state index < -0.39 is 29.4 Å². The maximum absolute atomic E-state index is 13.9. The third-order valence-electron chi connectivity index (χ3n) is 8.41. The first kappa shape index (κ1) is 27.3. The molecule has 10 heteroatoms. The number of carboxylic acid groups (broad SMARTS) is 1. The molecule has 0 radical (unpaired) electrons. The summed E-state index contributed by atoms with van der Waals surface area (Å²) in [5.41, 5.74) is 2.68. The van der Waals surface area contributed by atoms with Gasteiger partial charge in [0.25, 0.3) is 0 Å². The number of aromatic nitrogens is 1. The molecular formula is C31H30F3N3O4. The monoisotopic (exact) mass is 565 g/mol. The average molecular weight is 566 g/mol. The smallest absolute Gasteiger partial charge is 0.416 e. The summed E-state index contributed by atoms with van der Waals surface area (Å²) in [7, 11) is 0. The van der Waals surface area contributed by atoms with Crippen molar-refractivity contribution < 1.29 is 32.6 Å². The molecule has 3 fully saturated rings. The first-order chi connectivity index (χ1) is 19.5. The summed E-state index contributed by atoms with van der Waals surface area (Å²) in [5.74, 6) is -0.557. The lowest BCUT2D eigenvalue weighted by molar-refractivity contribution is -0.138. The van der Waals surface area contributed by atoms with E-state index in [1.807, 2.05) is 12.1 Å². The first-order valence-corrected chi connectivity index (χ1v) is 13.7. The van der Waals surface area contributed by atoms with Gasteiger partial charge in [0.2, 0.25) is 0 Å². The normalized spacial score (nSPS) is 19.0. The Bertz CT molecular complexity index is 1480. The Kier molecular flexibility index (Phi) is 6.76. The number of piperidine rings is 1. The van der Waals surface area contributed by atoms with E-state index in [0.717, 1.165) is 29.7 Å². The van der Waals surface area contributed by atoms with Gasteiger partial charge in [-0.05, 0) is 72.9 Å². The molecule has 2 aliphatic heterocycles. The predicted octanol–water partition coefficient (Wildman–Crippen LogP) is 6.64. The van der Waals surface area contributed by atoms with Gasteiger partial charge in [-0.3, -0.25) is 14.8 Å². The molecule has 1 aromatic heterocycles. The molecule has 3 aliphatic rings. The Balaban J connectivity index is 1.19. The molecule has 1 amide bonds. The molecule has 1 aliphatic carbocycles. The van der Waals surface area contributed by atoms with Crippen LogP contribution in [0.4, 0.5) is 23.7 Å². The van der Waals surface area contributed by atoms with Crippen molar-refractivity contribution in [1.29, 1.82) is 0 Å². The zero-order valence-corrected chi connectivity index (χ0v) is 22.6. The fourth-order valence-electron chi connectivity index (χ4n) is 5.87. The van der Waals surface area contributed by atoms with Crippen LogP contribution in [0.25, 0.3) is 11.1 Å². The summed E-state index contributed by atoms with van der Waals surface area (Å²) in [4.78, 5) is 32.1. The highest BCUT2D eigenvalue weighted by Gasteiger charge is 2.47. The number of hydrogen-bond donors (Lipinski definition) is 1. The van der Waals surface area contributed by atoms with Crippen molar-refractivity contribution in [3.63, 3.8) is 0 Å². The lowest BCUT2D eigenvalue weighted by Gasteiger charge is -2.37. The number of carboxylic acids is 1. The van der Waals surface area contributed by atoms with Gasteiger partial charge in [0.15, 0.2) is 0 Å². The van der Waals surface area contributed by atoms with Gasteiger partial charge >= 0.3 is 18.2 Å². The van der Waals surface area contributed by atoms with E-state index >= 15 is 0 Å². The van der Waals surface area contributed by atoms with Crippen LogP contribution in [0.5, 0.6) is 0 Å². The minimum absolute atomic E-state index is 0.128. The van der Waals surface area contributed by atoms with Crippen LogP contribution >= 0.6 is 0 Å². The Labute approximate surface area is 235 Å². The van der Waals surface area contributed by atoms with Crippen LogP contribution in [0, 0.1) is 6.92 Å². The van der Waals surface area contributed by atoms with Gasteiger partial charge in [-0.15, -0.1) is 0 Å². The maximum atomic E-state index is 13.9. The van der Waals surface area contributed by atoms with Crippen molar-refractivity contribution in [3.05, 3.63) is 82.7 Å². The molecule has 1 spiro atoms. The molecule has 0 unspecified atom stereocenters. The summed E-state index contributed by atoms with van der Waals surface area (Å²) in [6.45, 7) is 3.24. The standard InChI is InChI=1S/C31H30F3N3O4/c1-19-14-25(22-6-9-27(35-16-22)20-2-3-20)23(15-26(19)31(32,33)34)17-36-12-10-30(11-13-36)18-37(29(40)41-30)24-7-4-21(5-8-24)28(38)39/h4-9,14-16,20H,2-3,10-13,17-18H2,1H3,(H,38,39). The number of amides is 1. The lowest BCUT2D eigenvalue weighted by Crippen LogP contribution is -2.46. The zero-order chi connectivity index (χ0) is 28.9. The Hall–Kier alpha value is -3.92. The van der Waals surface area contributed by atoms with Crippen molar-refractivity contribution in [3.8, 4) is 11.1 Å². The number of rotatable bonds is 6. The molecule has 6 rings (SSSR count). The second-order valence-corrected chi connectivity index (χ2v) is 11.3. The summed E-state index contributed by atoms with van der Waals surface area (Å²) >= 11 is 0. The number of halogens is 3. The molecule has 2 aromatic carbocycles. The number of nitrogens with zero attached hydrogens (tertiary/aromatic N) is 3. The van der Waals surface area contributed by atoms with Gasteiger partial charge in [0, 0.05) is 61.5 Å². The van der Waals surface area contributed by atoms with Crippen molar-refractivity contribution >= 4 is 17.7 Å². The van der Waals surface area contributed by atoms with Crippen molar-refractivity contribution in [2.75, 3.05) is 24.5 Å². The fourth-order valence-corrected chi connectivity index (χ4v) is 5.87. The van der Waals surface area contributed by atoms with Gasteiger partial charge in [-0.25, -0.2) is 9.59 Å². The van der Waals surface area contributed by atoms with Gasteiger partial charge in [0.05, 0.1) is 17.7 Å². The summed E-state index contributed by atoms with van der Waals surface area (Å²) in [5, 5.41) is 9.14. The van der Waals surface area contributed by atoms with Crippen molar-refractivity contribution in [1.82, 2.24) is 9.88 Å². The highest BCUT2D eigenvalue weighted by atomic mass is 19.4. The molecule has 1 saturated carbocycles. The number of hydrogen-bond acceptors (Lipinski definition) is 5. The van der Waals surface area contributed by atoms with Crippen LogP contribution < -0.4 is 4.90 Å². The minimum atomic E-state index is -4.46. The maximum Gasteiger partial charge on any atom is 0.416 e. The second-order valence-electron chi connectivity index (χ2n) is 11.3. The van der Waals surface area contributed by atoms with Crippen LogP contribution in [0.3, 0.4) is 0 Å². The number of likely N-dealkylation sites (tertiary alicyclic amines) is 1. The third kappa shape index (κ3) is 5.53. The van der Waals surface area contributed by atoms with E-state index in [-0.39, 0.29) is 11.1 Å². The first-order valence-electron chi connectivity index (χ1n) is 13.7. The van der Waals surface area contributed by atoms with Gasteiger partial charge in [0.1, 0.15) is 5.60 Å². The van der Waals surface area contributed by atoms with Crippen molar-refractivity contribution in [2.45, 2.75) is 56.8 Å². The van der Waals surface area contributed by atoms with E-state index in [9.17, 15) is 22.8 Å². The molecule has 214 valence electrons. The number of benzene rings is 2. The number of anilines is 1. The number of ether oxygens (including phenoxy) is 1. The van der Waals surface area contributed by atoms with Gasteiger partial charge in [-0.2, -0.15) is 13.2 Å². The van der Waals surface area contributed by atoms with Crippen molar-refractivity contribution in [2.24, 2.45) is 0 Å². The molecule has 41 heavy (non-hydrogen) atoms. The van der Waals surface area contributed by atoms with Crippen LogP contribution in [0.1, 0.15) is 64.3 Å². The predicted molar refractivity (Wildman–Crippen MR) is 146 cm³/mol. The highest BCUT2D eigenvalue weighted by molar-refractivity contribution is 5.92. The molecule has 3 heterocycles. The Morgan fingerprint density at radius 1 is 1.10 bits per heavy atom. The number of carbonyl (C=O) groups excluding carboxylic acids is 1. The van der Waals surface area contributed by atoms with E-state index in [0.29, 0.717) is 56.2 Å². The number of alkyl halides is 3. The molecule has 0 bridgehead atoms. The van der Waals surface area contributed by atoms with E-state index in [1.165, 1.54) is 30.0 Å². The summed E-state index contributed by atoms with van der Waals surface area (Å²) in [6, 6.07) is 12.9. The number of aryl methyl sites for hydroxylation is 1. The topological polar surface area (TPSA) is 83.0 Å². The largest absolute Gasteiger partial charge is 0.478 e. The van der Waals surface area contributed by atoms with Crippen LogP contribution in [-0.4, -0.2) is 52.3 Å². The third-order valence-corrected chi connectivity index (χ3v) is 8.41. The number of aromatic carboxylic acids is 1. The average Bonchev–Trinajstić information content (AvgIpc) is 3.74. The summed E-state index contributed by atoms with van der Waals surface area (Å²) < 4.78 is 47.4. The highest BCUT2D eigenvalue weighted by Crippen LogP contribution is 2.41. The lowest BCUT2D eigenvalue weighted by atomic mass is 9.90. The molecule has 1 N–H and O–H groups in total. The number of pyridine rings is 1. The molecule has 7 nitrogen and oxygen atoms in total. The second kappa shape index (κ2) is 10.2. The summed E-state index contributed by atoms with van der Waals surface area (Å²) in [6.07, 6.45) is 0.136. The van der Waals surface area contributed by atoms with Gasteiger partial charge < -0.3 is 9.84 Å². The quantitative estimate of drug-likeness (QED) is 0.361. The number of carbonyl (C=O) groups is 2. The molecule has 2 saturated heterocycles. The molecular weight excluding hydrogens is 535 g/mol. The fraction of sp³-hybridized carbons (Fsp3) is 0.387. The van der Waals surface area contributed by atoms with Crippen LogP contribution in [-0.2, 0) is 17.5 Å². The minimum Gasteiger partial charge on any atom is -0.478 e. The molecule has 3 aromatic rings. The van der Waals surface area contributed by atoms with Gasteiger partial charge in [-0.1, -0.05) is 12.1 Å². The van der Waals surface area contributed by atoms with Crippen LogP contribution in [0.15, 0.2) is 54.7 Å². The SMILES string of the molecule is Cc1cc(-c2ccc(C3CC3)nc2)c(CN2CCC3(CC2)CN(c2ccc(C(=O)O)cc2)C(=O)O3)cc1C(F)(F)F. The van der Waals surface area contributed by atoms with E-state index in [2.05, 4.69) is 9.88 Å². The van der Waals surface area contributed by atoms with Crippen LogP contribution in [0.2, 0.25) is 0 Å². The Morgan fingerprint density at radius 3 is 2.39 bits per heavy atom. The van der Waals surface area contributed by atoms with E-state index in [1.54, 1.807) is 24.4 Å². The zero-order valence-electron chi connectivity index (χ0n) is 22.6. The molecule has 0 atom stereocenters. The Morgan fingerprint density at radius 2 is 1.80 bits per heavy atom.